The summed E-state index contributed by atoms with van der Waals surface area (Å²) in [5.74, 6) is -0.806. The minimum absolute atomic E-state index is 0.0654. The zero-order chi connectivity index (χ0) is 14.6. The van der Waals surface area contributed by atoms with Crippen LogP contribution in [0, 0.1) is 17.0 Å². The first kappa shape index (κ1) is 14.9. The van der Waals surface area contributed by atoms with Crippen LogP contribution in [0.5, 0.6) is 0 Å². The van der Waals surface area contributed by atoms with Gasteiger partial charge in [0.1, 0.15) is 5.69 Å². The number of rotatable bonds is 5. The van der Waals surface area contributed by atoms with Crippen molar-refractivity contribution in [3.63, 3.8) is 0 Å². The first-order chi connectivity index (χ1) is 8.88. The molecule has 8 heteroatoms. The smallest absolute Gasteiger partial charge is 0.310 e. The van der Waals surface area contributed by atoms with Crippen LogP contribution in [0.15, 0.2) is 6.20 Å². The number of aromatic nitrogens is 1. The number of nitro groups is 1. The molecule has 0 unspecified atom stereocenters. The molecule has 6 nitrogen and oxygen atoms in total. The van der Waals surface area contributed by atoms with Gasteiger partial charge in [0.25, 0.3) is 12.1 Å². The molecule has 0 aliphatic carbocycles. The van der Waals surface area contributed by atoms with E-state index in [0.29, 0.717) is 0 Å². The lowest BCUT2D eigenvalue weighted by Gasteiger charge is -2.09. The van der Waals surface area contributed by atoms with Crippen LogP contribution >= 0.6 is 0 Å². The SMILES string of the molecule is CCOC(=O)Cc1c(C(F)F)ncc(C)c1[N+](=O)[O-]. The molecule has 0 spiro atoms. The van der Waals surface area contributed by atoms with Gasteiger partial charge in [-0.25, -0.2) is 8.78 Å². The second-order valence-corrected chi connectivity index (χ2v) is 3.69. The number of ether oxygens (including phenoxy) is 1. The van der Waals surface area contributed by atoms with Gasteiger partial charge in [0.15, 0.2) is 0 Å². The van der Waals surface area contributed by atoms with Gasteiger partial charge in [0.05, 0.1) is 23.5 Å². The van der Waals surface area contributed by atoms with Crippen LogP contribution in [0.3, 0.4) is 0 Å². The number of hydrogen-bond acceptors (Lipinski definition) is 5. The number of esters is 1. The van der Waals surface area contributed by atoms with Gasteiger partial charge in [0, 0.05) is 11.8 Å². The number of hydrogen-bond donors (Lipinski definition) is 0. The van der Waals surface area contributed by atoms with Crippen molar-refractivity contribution in [2.24, 2.45) is 0 Å². The molecule has 0 N–H and O–H groups in total. The molecule has 1 rings (SSSR count). The highest BCUT2D eigenvalue weighted by molar-refractivity contribution is 5.75. The summed E-state index contributed by atoms with van der Waals surface area (Å²) in [5, 5.41) is 10.9. The van der Waals surface area contributed by atoms with Crippen LogP contribution in [0.1, 0.15) is 30.2 Å². The molecule has 1 aromatic rings. The number of aryl methyl sites for hydroxylation is 1. The second kappa shape index (κ2) is 6.17. The van der Waals surface area contributed by atoms with E-state index < -0.39 is 40.7 Å². The Morgan fingerprint density at radius 1 is 1.58 bits per heavy atom. The molecule has 0 radical (unpaired) electrons. The van der Waals surface area contributed by atoms with E-state index >= 15 is 0 Å². The maximum absolute atomic E-state index is 12.8. The van der Waals surface area contributed by atoms with E-state index in [1.165, 1.54) is 6.92 Å². The lowest BCUT2D eigenvalue weighted by Crippen LogP contribution is -2.13. The van der Waals surface area contributed by atoms with Gasteiger partial charge >= 0.3 is 5.97 Å². The van der Waals surface area contributed by atoms with Crippen LogP contribution in [0.2, 0.25) is 0 Å². The second-order valence-electron chi connectivity index (χ2n) is 3.69. The molecule has 1 aromatic heterocycles. The van der Waals surface area contributed by atoms with Crippen molar-refractivity contribution in [1.29, 1.82) is 0 Å². The van der Waals surface area contributed by atoms with E-state index in [1.807, 2.05) is 0 Å². The number of pyridine rings is 1. The van der Waals surface area contributed by atoms with Crippen LogP contribution in [-0.2, 0) is 16.0 Å². The molecular formula is C11H12F2N2O4. The van der Waals surface area contributed by atoms with Gasteiger partial charge in [-0.15, -0.1) is 0 Å². The zero-order valence-electron chi connectivity index (χ0n) is 10.4. The normalized spacial score (nSPS) is 10.6. The van der Waals surface area contributed by atoms with E-state index in [4.69, 9.17) is 0 Å². The molecule has 19 heavy (non-hydrogen) atoms. The molecule has 0 atom stereocenters. The quantitative estimate of drug-likeness (QED) is 0.467. The minimum Gasteiger partial charge on any atom is -0.466 e. The summed E-state index contributed by atoms with van der Waals surface area (Å²) in [6.07, 6.45) is -2.60. The molecule has 0 saturated heterocycles. The summed E-state index contributed by atoms with van der Waals surface area (Å²) in [4.78, 5) is 25.0. The fraction of sp³-hybridized carbons (Fsp3) is 0.455. The third-order valence-electron chi connectivity index (χ3n) is 2.38. The van der Waals surface area contributed by atoms with Crippen molar-refractivity contribution in [2.75, 3.05) is 6.61 Å². The summed E-state index contributed by atoms with van der Waals surface area (Å²) in [5.41, 5.74) is -1.55. The number of carbonyl (C=O) groups is 1. The van der Waals surface area contributed by atoms with Gasteiger partial charge in [0.2, 0.25) is 0 Å². The number of alkyl halides is 2. The van der Waals surface area contributed by atoms with Crippen LogP contribution in [0.4, 0.5) is 14.5 Å². The van der Waals surface area contributed by atoms with Gasteiger partial charge in [-0.1, -0.05) is 0 Å². The maximum Gasteiger partial charge on any atom is 0.310 e. The average Bonchev–Trinajstić information content (AvgIpc) is 2.28. The molecule has 0 amide bonds. The Hall–Kier alpha value is -2.12. The first-order valence-electron chi connectivity index (χ1n) is 5.45. The highest BCUT2D eigenvalue weighted by atomic mass is 19.3. The number of nitrogens with zero attached hydrogens (tertiary/aromatic N) is 2. The van der Waals surface area contributed by atoms with Crippen LogP contribution in [-0.4, -0.2) is 22.5 Å². The monoisotopic (exact) mass is 274 g/mol. The maximum atomic E-state index is 12.8. The van der Waals surface area contributed by atoms with E-state index in [9.17, 15) is 23.7 Å². The Morgan fingerprint density at radius 2 is 2.21 bits per heavy atom. The van der Waals surface area contributed by atoms with Crippen molar-refractivity contribution in [3.05, 3.63) is 33.1 Å². The fourth-order valence-electron chi connectivity index (χ4n) is 1.64. The Morgan fingerprint density at radius 3 is 2.68 bits per heavy atom. The van der Waals surface area contributed by atoms with Gasteiger partial charge in [-0.2, -0.15) is 0 Å². The molecular weight excluding hydrogens is 262 g/mol. The summed E-state index contributed by atoms with van der Waals surface area (Å²) in [6.45, 7) is 2.99. The molecule has 0 fully saturated rings. The van der Waals surface area contributed by atoms with Gasteiger partial charge < -0.3 is 4.74 Å². The molecule has 0 bridgehead atoms. The van der Waals surface area contributed by atoms with Crippen molar-refractivity contribution < 1.29 is 23.2 Å². The summed E-state index contributed by atoms with van der Waals surface area (Å²) in [7, 11) is 0. The Labute approximate surface area is 107 Å². The van der Waals surface area contributed by atoms with E-state index in [2.05, 4.69) is 9.72 Å². The van der Waals surface area contributed by atoms with E-state index in [0.717, 1.165) is 6.20 Å². The van der Waals surface area contributed by atoms with Crippen molar-refractivity contribution >= 4 is 11.7 Å². The van der Waals surface area contributed by atoms with E-state index in [1.54, 1.807) is 6.92 Å². The molecule has 0 saturated carbocycles. The van der Waals surface area contributed by atoms with Gasteiger partial charge in [-0.3, -0.25) is 19.9 Å². The Bertz CT molecular complexity index is 506. The topological polar surface area (TPSA) is 82.3 Å². The lowest BCUT2D eigenvalue weighted by atomic mass is 10.0. The summed E-state index contributed by atoms with van der Waals surface area (Å²) >= 11 is 0. The molecule has 104 valence electrons. The molecule has 0 aromatic carbocycles. The standard InChI is InChI=1S/C11H12F2N2O4/c1-3-19-8(16)4-7-9(11(12)13)14-5-6(2)10(7)15(17)18/h5,11H,3-4H2,1-2H3. The summed E-state index contributed by atoms with van der Waals surface area (Å²) < 4.78 is 30.2. The fourth-order valence-corrected chi connectivity index (χ4v) is 1.64. The van der Waals surface area contributed by atoms with Crippen LogP contribution < -0.4 is 0 Å². The molecule has 1 heterocycles. The predicted molar refractivity (Wildman–Crippen MR) is 60.9 cm³/mol. The lowest BCUT2D eigenvalue weighted by molar-refractivity contribution is -0.386. The van der Waals surface area contributed by atoms with Gasteiger partial charge in [-0.05, 0) is 13.8 Å². The van der Waals surface area contributed by atoms with Crippen LogP contribution in [0.25, 0.3) is 0 Å². The van der Waals surface area contributed by atoms with E-state index in [-0.39, 0.29) is 12.2 Å². The highest BCUT2D eigenvalue weighted by Crippen LogP contribution is 2.31. The minimum atomic E-state index is -3.00. The predicted octanol–water partition coefficient (Wildman–Crippen LogP) is 2.34. The third kappa shape index (κ3) is 3.43. The van der Waals surface area contributed by atoms with Crippen molar-refractivity contribution in [2.45, 2.75) is 26.7 Å². The largest absolute Gasteiger partial charge is 0.466 e. The summed E-state index contributed by atoms with van der Waals surface area (Å²) in [6, 6.07) is 0. The number of halogens is 2. The zero-order valence-corrected chi connectivity index (χ0v) is 10.4. The average molecular weight is 274 g/mol. The highest BCUT2D eigenvalue weighted by Gasteiger charge is 2.28. The Balaban J connectivity index is 3.33. The van der Waals surface area contributed by atoms with Crippen molar-refractivity contribution in [1.82, 2.24) is 4.98 Å². The Kier molecular flexibility index (Phi) is 4.85. The number of carbonyl (C=O) groups excluding carboxylic acids is 1. The molecule has 0 aliphatic rings. The first-order valence-corrected chi connectivity index (χ1v) is 5.45. The molecule has 0 aliphatic heterocycles. The third-order valence-corrected chi connectivity index (χ3v) is 2.38. The van der Waals surface area contributed by atoms with Crippen molar-refractivity contribution in [3.8, 4) is 0 Å².